The van der Waals surface area contributed by atoms with E-state index in [4.69, 9.17) is 4.42 Å². The fraction of sp³-hybridized carbons (Fsp3) is 0.294. The van der Waals surface area contributed by atoms with Crippen LogP contribution in [0.15, 0.2) is 41.0 Å². The molecule has 0 fully saturated rings. The molecular formula is C17H19N3O. The van der Waals surface area contributed by atoms with Crippen molar-refractivity contribution in [2.24, 2.45) is 0 Å². The number of aryl methyl sites for hydroxylation is 1. The number of nitrogens with zero attached hydrogens (tertiary/aromatic N) is 2. The molecule has 0 saturated carbocycles. The summed E-state index contributed by atoms with van der Waals surface area (Å²) in [5, 5.41) is 4.43. The number of aromatic nitrogens is 2. The van der Waals surface area contributed by atoms with E-state index in [-0.39, 0.29) is 0 Å². The molecule has 0 aliphatic rings. The third kappa shape index (κ3) is 2.95. The van der Waals surface area contributed by atoms with Crippen LogP contribution in [-0.2, 0) is 6.54 Å². The topological polar surface area (TPSA) is 51.0 Å². The van der Waals surface area contributed by atoms with Gasteiger partial charge in [0.1, 0.15) is 11.8 Å². The van der Waals surface area contributed by atoms with E-state index in [2.05, 4.69) is 29.1 Å². The summed E-state index contributed by atoms with van der Waals surface area (Å²) in [6, 6.07) is 10.4. The van der Waals surface area contributed by atoms with E-state index in [9.17, 15) is 0 Å². The molecule has 3 aromatic rings. The Labute approximate surface area is 124 Å². The second-order valence-corrected chi connectivity index (χ2v) is 5.51. The molecule has 3 rings (SSSR count). The molecule has 2 heterocycles. The van der Waals surface area contributed by atoms with Crippen molar-refractivity contribution in [2.45, 2.75) is 33.4 Å². The Kier molecular flexibility index (Phi) is 3.71. The van der Waals surface area contributed by atoms with Gasteiger partial charge in [-0.15, -0.1) is 0 Å². The van der Waals surface area contributed by atoms with Crippen molar-refractivity contribution in [2.75, 3.05) is 0 Å². The summed E-state index contributed by atoms with van der Waals surface area (Å²) in [7, 11) is 0. The highest BCUT2D eigenvalue weighted by molar-refractivity contribution is 5.91. The monoisotopic (exact) mass is 281 g/mol. The number of furan rings is 1. The summed E-state index contributed by atoms with van der Waals surface area (Å²) in [4.78, 5) is 9.22. The predicted molar refractivity (Wildman–Crippen MR) is 84.0 cm³/mol. The molecule has 0 aliphatic carbocycles. The molecule has 2 aromatic heterocycles. The van der Waals surface area contributed by atoms with Crippen LogP contribution in [0.1, 0.15) is 25.2 Å². The van der Waals surface area contributed by atoms with E-state index in [0.29, 0.717) is 6.04 Å². The Balaban J connectivity index is 2.01. The van der Waals surface area contributed by atoms with Crippen LogP contribution in [0.25, 0.3) is 22.4 Å². The van der Waals surface area contributed by atoms with Crippen molar-refractivity contribution < 1.29 is 4.42 Å². The molecule has 21 heavy (non-hydrogen) atoms. The van der Waals surface area contributed by atoms with Crippen molar-refractivity contribution >= 4 is 11.0 Å². The van der Waals surface area contributed by atoms with E-state index in [1.165, 1.54) is 0 Å². The third-order valence-electron chi connectivity index (χ3n) is 3.32. The summed E-state index contributed by atoms with van der Waals surface area (Å²) < 4.78 is 5.59. The average molecular weight is 281 g/mol. The van der Waals surface area contributed by atoms with Gasteiger partial charge < -0.3 is 9.73 Å². The summed E-state index contributed by atoms with van der Waals surface area (Å²) in [6.45, 7) is 6.98. The molecule has 0 spiro atoms. The number of nitrogens with one attached hydrogen (secondary N) is 1. The number of rotatable bonds is 4. The Bertz CT molecular complexity index is 762. The van der Waals surface area contributed by atoms with Gasteiger partial charge >= 0.3 is 0 Å². The Morgan fingerprint density at radius 2 is 2.00 bits per heavy atom. The largest absolute Gasteiger partial charge is 0.464 e. The predicted octanol–water partition coefficient (Wildman–Crippen LogP) is 3.70. The zero-order valence-electron chi connectivity index (χ0n) is 12.6. The summed E-state index contributed by atoms with van der Waals surface area (Å²) in [6.07, 6.45) is 1.74. The van der Waals surface area contributed by atoms with Gasteiger partial charge in [0.15, 0.2) is 5.82 Å². The molecule has 0 bridgehead atoms. The summed E-state index contributed by atoms with van der Waals surface area (Å²) in [5.41, 5.74) is 3.77. The van der Waals surface area contributed by atoms with Crippen LogP contribution < -0.4 is 5.32 Å². The van der Waals surface area contributed by atoms with Gasteiger partial charge in [-0.1, -0.05) is 32.0 Å². The van der Waals surface area contributed by atoms with E-state index in [0.717, 1.165) is 40.3 Å². The highest BCUT2D eigenvalue weighted by Crippen LogP contribution is 2.28. The minimum absolute atomic E-state index is 0.429. The summed E-state index contributed by atoms with van der Waals surface area (Å²) in [5.74, 6) is 0.723. The van der Waals surface area contributed by atoms with Crippen molar-refractivity contribution in [1.29, 1.82) is 0 Å². The van der Waals surface area contributed by atoms with Crippen LogP contribution in [0.2, 0.25) is 0 Å². The van der Waals surface area contributed by atoms with Gasteiger partial charge in [0.05, 0.1) is 11.3 Å². The second kappa shape index (κ2) is 5.66. The maximum atomic E-state index is 5.59. The molecule has 4 nitrogen and oxygen atoms in total. The molecule has 0 amide bonds. The normalized spacial score (nSPS) is 11.4. The quantitative estimate of drug-likeness (QED) is 0.792. The number of benzene rings is 1. The summed E-state index contributed by atoms with van der Waals surface area (Å²) >= 11 is 0. The first-order chi connectivity index (χ1) is 10.1. The lowest BCUT2D eigenvalue weighted by Crippen LogP contribution is -2.22. The van der Waals surface area contributed by atoms with Gasteiger partial charge in [-0.25, -0.2) is 9.97 Å². The molecular weight excluding hydrogens is 262 g/mol. The van der Waals surface area contributed by atoms with E-state index in [1.54, 1.807) is 6.26 Å². The molecule has 0 aliphatic heterocycles. The first kappa shape index (κ1) is 13.8. The number of fused-ring (bicyclic) bond motifs is 1. The minimum Gasteiger partial charge on any atom is -0.464 e. The maximum absolute atomic E-state index is 5.59. The smallest absolute Gasteiger partial charge is 0.163 e. The van der Waals surface area contributed by atoms with Crippen LogP contribution in [0, 0.1) is 6.92 Å². The third-order valence-corrected chi connectivity index (χ3v) is 3.32. The van der Waals surface area contributed by atoms with Crippen molar-refractivity contribution in [3.8, 4) is 11.4 Å². The second-order valence-electron chi connectivity index (χ2n) is 5.51. The van der Waals surface area contributed by atoms with Crippen LogP contribution in [-0.4, -0.2) is 16.0 Å². The van der Waals surface area contributed by atoms with Gasteiger partial charge in [0.2, 0.25) is 0 Å². The average Bonchev–Trinajstić information content (AvgIpc) is 2.88. The Morgan fingerprint density at radius 3 is 2.81 bits per heavy atom. The van der Waals surface area contributed by atoms with Crippen LogP contribution in [0.3, 0.4) is 0 Å². The van der Waals surface area contributed by atoms with Gasteiger partial charge in [0.25, 0.3) is 0 Å². The van der Waals surface area contributed by atoms with E-state index < -0.39 is 0 Å². The molecule has 108 valence electrons. The Morgan fingerprint density at radius 1 is 1.19 bits per heavy atom. The Hall–Kier alpha value is -2.20. The molecule has 1 aromatic carbocycles. The van der Waals surface area contributed by atoms with Crippen molar-refractivity contribution in [3.63, 3.8) is 0 Å². The first-order valence-electron chi connectivity index (χ1n) is 7.18. The van der Waals surface area contributed by atoms with Crippen LogP contribution in [0.5, 0.6) is 0 Å². The molecule has 0 unspecified atom stereocenters. The number of hydrogen-bond acceptors (Lipinski definition) is 4. The number of para-hydroxylation sites is 1. The van der Waals surface area contributed by atoms with Gasteiger partial charge in [0, 0.05) is 23.7 Å². The van der Waals surface area contributed by atoms with Crippen LogP contribution in [0.4, 0.5) is 0 Å². The zero-order chi connectivity index (χ0) is 14.8. The zero-order valence-corrected chi connectivity index (χ0v) is 12.6. The highest BCUT2D eigenvalue weighted by atomic mass is 16.3. The van der Waals surface area contributed by atoms with Gasteiger partial charge in [-0.05, 0) is 19.1 Å². The fourth-order valence-corrected chi connectivity index (χ4v) is 2.30. The molecule has 4 heteroatoms. The highest BCUT2D eigenvalue weighted by Gasteiger charge is 2.11. The molecule has 0 saturated heterocycles. The standard InChI is InChI=1S/C17H19N3O/c1-11(2)18-9-13-8-12(3)19-17(20-13)15-10-21-16-7-5-4-6-14(15)16/h4-8,10-11,18H,9H2,1-3H3. The fourth-order valence-electron chi connectivity index (χ4n) is 2.30. The van der Waals surface area contributed by atoms with E-state index >= 15 is 0 Å². The SMILES string of the molecule is Cc1cc(CNC(C)C)nc(-c2coc3ccccc23)n1. The molecule has 0 radical (unpaired) electrons. The van der Waals surface area contributed by atoms with Crippen molar-refractivity contribution in [1.82, 2.24) is 15.3 Å². The molecule has 1 N–H and O–H groups in total. The lowest BCUT2D eigenvalue weighted by molar-refractivity contribution is 0.580. The first-order valence-corrected chi connectivity index (χ1v) is 7.18. The van der Waals surface area contributed by atoms with Crippen molar-refractivity contribution in [3.05, 3.63) is 48.0 Å². The lowest BCUT2D eigenvalue weighted by Gasteiger charge is -2.09. The maximum Gasteiger partial charge on any atom is 0.163 e. The minimum atomic E-state index is 0.429. The lowest BCUT2D eigenvalue weighted by atomic mass is 10.1. The van der Waals surface area contributed by atoms with E-state index in [1.807, 2.05) is 37.3 Å². The number of hydrogen-bond donors (Lipinski definition) is 1. The van der Waals surface area contributed by atoms with Gasteiger partial charge in [-0.3, -0.25) is 0 Å². The van der Waals surface area contributed by atoms with Crippen LogP contribution >= 0.6 is 0 Å². The molecule has 0 atom stereocenters. The van der Waals surface area contributed by atoms with Gasteiger partial charge in [-0.2, -0.15) is 0 Å².